The van der Waals surface area contributed by atoms with Crippen molar-refractivity contribution in [3.63, 3.8) is 0 Å². The van der Waals surface area contributed by atoms with Gasteiger partial charge in [0.1, 0.15) is 23.5 Å². The summed E-state index contributed by atoms with van der Waals surface area (Å²) in [4.78, 5) is 53.0. The Morgan fingerprint density at radius 2 is 1.82 bits per heavy atom. The summed E-state index contributed by atoms with van der Waals surface area (Å²) >= 11 is 0. The lowest BCUT2D eigenvalue weighted by Crippen LogP contribution is -2.52. The number of piperidine rings is 1. The molecule has 2 heterocycles. The predicted molar refractivity (Wildman–Crippen MR) is 117 cm³/mol. The van der Waals surface area contributed by atoms with Crippen LogP contribution in [0.3, 0.4) is 0 Å². The van der Waals surface area contributed by atoms with Crippen LogP contribution in [0.25, 0.3) is 0 Å². The van der Waals surface area contributed by atoms with Crippen LogP contribution in [0.2, 0.25) is 0 Å². The van der Waals surface area contributed by atoms with Crippen LogP contribution in [0, 0.1) is 5.82 Å². The number of imide groups is 1. The normalized spacial score (nSPS) is 18.8. The van der Waals surface area contributed by atoms with Gasteiger partial charge in [0.05, 0.1) is 12.1 Å². The van der Waals surface area contributed by atoms with E-state index in [1.54, 1.807) is 0 Å². The molecule has 0 radical (unpaired) electrons. The molecule has 0 spiro atoms. The second-order valence-electron chi connectivity index (χ2n) is 8.58. The third-order valence-corrected chi connectivity index (χ3v) is 6.02. The van der Waals surface area contributed by atoms with Crippen molar-refractivity contribution < 1.29 is 54.6 Å². The number of halogens is 7. The summed E-state index contributed by atoms with van der Waals surface area (Å²) in [6, 6.07) is 3.84. The molecular weight excluding hydrogens is 543 g/mol. The number of alkyl halides is 6. The molecule has 8 nitrogen and oxygen atoms in total. The van der Waals surface area contributed by atoms with Crippen molar-refractivity contribution in [2.24, 2.45) is 4.99 Å². The molecule has 2 aromatic carbocycles. The maximum absolute atomic E-state index is 15.2. The number of ether oxygens (including phenoxy) is 1. The Labute approximate surface area is 214 Å². The number of rotatable bonds is 5. The van der Waals surface area contributed by atoms with Crippen molar-refractivity contribution >= 4 is 29.8 Å². The molecule has 0 saturated carbocycles. The van der Waals surface area contributed by atoms with E-state index in [0.717, 1.165) is 35.2 Å². The Bertz CT molecular complexity index is 1390. The van der Waals surface area contributed by atoms with Crippen LogP contribution < -0.4 is 10.1 Å². The highest BCUT2D eigenvalue weighted by molar-refractivity contribution is 6.06. The largest absolute Gasteiger partial charge is 0.573 e. The van der Waals surface area contributed by atoms with Gasteiger partial charge in [-0.2, -0.15) is 13.2 Å². The number of carbonyl (C=O) groups excluding carboxylic acids is 4. The molecule has 1 saturated heterocycles. The lowest BCUT2D eigenvalue weighted by molar-refractivity contribution is -0.274. The van der Waals surface area contributed by atoms with Crippen molar-refractivity contribution in [1.29, 1.82) is 0 Å². The molecule has 2 aliphatic rings. The number of hydrogen-bond donors (Lipinski definition) is 1. The fourth-order valence-corrected chi connectivity index (χ4v) is 4.25. The van der Waals surface area contributed by atoms with Gasteiger partial charge in [-0.3, -0.25) is 24.5 Å². The molecule has 206 valence electrons. The lowest BCUT2D eigenvalue weighted by Gasteiger charge is -2.29. The molecule has 4 amide bonds. The van der Waals surface area contributed by atoms with E-state index in [4.69, 9.17) is 0 Å². The molecule has 2 unspecified atom stereocenters. The second kappa shape index (κ2) is 10.1. The standard InChI is InChI=1S/C24H16F7N3O5/c25-19-14(5-4-13-15(19)10-34(22(13)38)17-6-7-18(35)33-21(17)37)20(36)32-9-16(23(26,27)28)11-2-1-3-12(8-11)39-24(29,30)31/h1-5,8-9,16-17H,6-7,10H2,(H,33,35,37)/b32-9+. The monoisotopic (exact) mass is 559 g/mol. The molecule has 0 bridgehead atoms. The summed E-state index contributed by atoms with van der Waals surface area (Å²) in [6.07, 6.45) is -10.2. The van der Waals surface area contributed by atoms with Crippen molar-refractivity contribution in [3.05, 3.63) is 64.5 Å². The van der Waals surface area contributed by atoms with Gasteiger partial charge in [-0.15, -0.1) is 13.2 Å². The van der Waals surface area contributed by atoms with E-state index in [-0.39, 0.29) is 30.2 Å². The first kappa shape index (κ1) is 27.7. The Morgan fingerprint density at radius 3 is 2.46 bits per heavy atom. The fraction of sp³-hybridized carbons (Fsp3) is 0.292. The van der Waals surface area contributed by atoms with Gasteiger partial charge in [0.25, 0.3) is 11.8 Å². The predicted octanol–water partition coefficient (Wildman–Crippen LogP) is 4.04. The van der Waals surface area contributed by atoms with Crippen molar-refractivity contribution in [1.82, 2.24) is 10.2 Å². The van der Waals surface area contributed by atoms with Gasteiger partial charge in [-0.1, -0.05) is 12.1 Å². The highest BCUT2D eigenvalue weighted by atomic mass is 19.4. The fourth-order valence-electron chi connectivity index (χ4n) is 4.25. The number of hydrogen-bond acceptors (Lipinski definition) is 5. The second-order valence-corrected chi connectivity index (χ2v) is 8.58. The average molecular weight is 559 g/mol. The number of amides is 4. The van der Waals surface area contributed by atoms with Gasteiger partial charge in [0.15, 0.2) is 0 Å². The molecule has 0 aromatic heterocycles. The first-order chi connectivity index (χ1) is 18.2. The number of fused-ring (bicyclic) bond motifs is 1. The molecule has 15 heteroatoms. The molecule has 0 aliphatic carbocycles. The molecule has 2 aliphatic heterocycles. The lowest BCUT2D eigenvalue weighted by atomic mass is 9.99. The number of carbonyl (C=O) groups is 4. The quantitative estimate of drug-likeness (QED) is 0.338. The zero-order valence-electron chi connectivity index (χ0n) is 19.4. The van der Waals surface area contributed by atoms with Gasteiger partial charge in [0.2, 0.25) is 11.8 Å². The molecule has 1 N–H and O–H groups in total. The van der Waals surface area contributed by atoms with Crippen LogP contribution in [0.5, 0.6) is 5.75 Å². The third-order valence-electron chi connectivity index (χ3n) is 6.02. The summed E-state index contributed by atoms with van der Waals surface area (Å²) in [5.41, 5.74) is -1.94. The Morgan fingerprint density at radius 1 is 1.10 bits per heavy atom. The summed E-state index contributed by atoms with van der Waals surface area (Å²) in [5.74, 6) is -8.27. The van der Waals surface area contributed by atoms with Crippen LogP contribution in [-0.2, 0) is 16.1 Å². The maximum atomic E-state index is 15.2. The Kier molecular flexibility index (Phi) is 7.19. The molecule has 1 fully saturated rings. The SMILES string of the molecule is O=C1CCC(N2Cc3c(ccc(C(=O)/N=C/C(c4cccc(OC(F)(F)F)c4)C(F)(F)F)c3F)C2=O)C(=O)N1. The number of nitrogens with zero attached hydrogens (tertiary/aromatic N) is 2. The van der Waals surface area contributed by atoms with E-state index in [0.29, 0.717) is 6.07 Å². The van der Waals surface area contributed by atoms with Crippen molar-refractivity contribution in [3.8, 4) is 5.75 Å². The van der Waals surface area contributed by atoms with E-state index in [1.165, 1.54) is 0 Å². The zero-order chi connectivity index (χ0) is 28.7. The summed E-state index contributed by atoms with van der Waals surface area (Å²) < 4.78 is 97.2. The summed E-state index contributed by atoms with van der Waals surface area (Å²) in [7, 11) is 0. The van der Waals surface area contributed by atoms with Crippen molar-refractivity contribution in [2.45, 2.75) is 43.9 Å². The first-order valence-electron chi connectivity index (χ1n) is 11.1. The van der Waals surface area contributed by atoms with Gasteiger partial charge >= 0.3 is 12.5 Å². The summed E-state index contributed by atoms with van der Waals surface area (Å²) in [6.45, 7) is -0.436. The number of benzene rings is 2. The molecular formula is C24H16F7N3O5. The maximum Gasteiger partial charge on any atom is 0.573 e. The third kappa shape index (κ3) is 5.91. The van der Waals surface area contributed by atoms with Gasteiger partial charge in [-0.05, 0) is 36.2 Å². The van der Waals surface area contributed by atoms with Crippen LogP contribution in [-0.4, -0.2) is 53.3 Å². The van der Waals surface area contributed by atoms with Crippen molar-refractivity contribution in [2.75, 3.05) is 0 Å². The molecule has 39 heavy (non-hydrogen) atoms. The average Bonchev–Trinajstić information content (AvgIpc) is 3.14. The highest BCUT2D eigenvalue weighted by Gasteiger charge is 2.42. The van der Waals surface area contributed by atoms with Crippen LogP contribution in [0.15, 0.2) is 41.4 Å². The van der Waals surface area contributed by atoms with Crippen LogP contribution >= 0.6 is 0 Å². The van der Waals surface area contributed by atoms with Gasteiger partial charge in [0, 0.05) is 23.8 Å². The van der Waals surface area contributed by atoms with Crippen LogP contribution in [0.4, 0.5) is 30.7 Å². The smallest absolute Gasteiger partial charge is 0.406 e. The van der Waals surface area contributed by atoms with Crippen LogP contribution in [0.1, 0.15) is 50.6 Å². The Balaban J connectivity index is 1.58. The molecule has 2 atom stereocenters. The van der Waals surface area contributed by atoms with E-state index in [2.05, 4.69) is 15.0 Å². The number of aliphatic imine (C=N–C) groups is 1. The minimum atomic E-state index is -5.16. The van der Waals surface area contributed by atoms with E-state index < -0.39 is 77.4 Å². The van der Waals surface area contributed by atoms with E-state index in [1.807, 2.05) is 0 Å². The highest BCUT2D eigenvalue weighted by Crippen LogP contribution is 2.36. The van der Waals surface area contributed by atoms with E-state index in [9.17, 15) is 45.5 Å². The topological polar surface area (TPSA) is 105 Å². The minimum Gasteiger partial charge on any atom is -0.406 e. The zero-order valence-corrected chi connectivity index (χ0v) is 19.4. The Hall–Kier alpha value is -4.30. The summed E-state index contributed by atoms with van der Waals surface area (Å²) in [5, 5.41) is 2.07. The number of nitrogens with one attached hydrogen (secondary N) is 1. The molecule has 4 rings (SSSR count). The first-order valence-corrected chi connectivity index (χ1v) is 11.1. The molecule has 2 aromatic rings. The van der Waals surface area contributed by atoms with Gasteiger partial charge in [-0.25, -0.2) is 9.38 Å². The minimum absolute atomic E-state index is 0.00383. The van der Waals surface area contributed by atoms with Gasteiger partial charge < -0.3 is 9.64 Å². The van der Waals surface area contributed by atoms with E-state index >= 15 is 4.39 Å².